The maximum absolute atomic E-state index is 4.19. The Kier molecular flexibility index (Phi) is 4.32. The van der Waals surface area contributed by atoms with E-state index in [0.29, 0.717) is 0 Å². The second-order valence-electron chi connectivity index (χ2n) is 3.10. The largest absolute Gasteiger partial charge is 0.368 e. The van der Waals surface area contributed by atoms with Gasteiger partial charge in [0.1, 0.15) is 6.34 Å². The van der Waals surface area contributed by atoms with Gasteiger partial charge in [0.25, 0.3) is 0 Å². The lowest BCUT2D eigenvalue weighted by Gasteiger charge is -2.14. The van der Waals surface area contributed by atoms with Crippen molar-refractivity contribution in [1.29, 1.82) is 0 Å². The van der Waals surface area contributed by atoms with E-state index >= 15 is 0 Å². The highest BCUT2D eigenvalue weighted by Crippen LogP contribution is 2.19. The summed E-state index contributed by atoms with van der Waals surface area (Å²) >= 11 is 1.42. The molecule has 0 fully saturated rings. The molecule has 1 aromatic rings. The van der Waals surface area contributed by atoms with E-state index in [9.17, 15) is 0 Å². The summed E-state index contributed by atoms with van der Waals surface area (Å²) in [6.45, 7) is 0. The SMILES string of the molecule is CN(C)C=NSN(C)c1ccccc1. The Morgan fingerprint density at radius 2 is 1.79 bits per heavy atom. The normalized spacial score (nSPS) is 10.5. The van der Waals surface area contributed by atoms with Crippen LogP contribution in [0.5, 0.6) is 0 Å². The molecule has 0 unspecified atom stereocenters. The van der Waals surface area contributed by atoms with Crippen molar-refractivity contribution >= 4 is 24.2 Å². The first-order valence-electron chi connectivity index (χ1n) is 4.36. The Labute approximate surface area is 89.7 Å². The topological polar surface area (TPSA) is 18.8 Å². The third-order valence-corrected chi connectivity index (χ3v) is 2.21. The zero-order valence-electron chi connectivity index (χ0n) is 8.71. The lowest BCUT2D eigenvalue weighted by Crippen LogP contribution is -2.09. The van der Waals surface area contributed by atoms with Crippen molar-refractivity contribution in [3.8, 4) is 0 Å². The molecule has 0 aliphatic rings. The highest BCUT2D eigenvalue weighted by Gasteiger charge is 1.97. The van der Waals surface area contributed by atoms with Gasteiger partial charge in [0.2, 0.25) is 0 Å². The minimum atomic E-state index is 1.15. The zero-order chi connectivity index (χ0) is 10.4. The van der Waals surface area contributed by atoms with Gasteiger partial charge in [-0.2, -0.15) is 4.40 Å². The van der Waals surface area contributed by atoms with E-state index in [2.05, 4.69) is 16.5 Å². The van der Waals surface area contributed by atoms with Crippen molar-refractivity contribution in [3.05, 3.63) is 30.3 Å². The number of rotatable bonds is 4. The molecule has 0 bridgehead atoms. The van der Waals surface area contributed by atoms with Gasteiger partial charge in [-0.15, -0.1) is 0 Å². The molecule has 0 heterocycles. The molecule has 3 nitrogen and oxygen atoms in total. The summed E-state index contributed by atoms with van der Waals surface area (Å²) in [4.78, 5) is 1.91. The molecule has 0 N–H and O–H groups in total. The first kappa shape index (κ1) is 10.9. The van der Waals surface area contributed by atoms with E-state index in [1.165, 1.54) is 12.1 Å². The van der Waals surface area contributed by atoms with Crippen molar-refractivity contribution in [2.75, 3.05) is 25.4 Å². The molecule has 0 radical (unpaired) electrons. The molecule has 0 spiro atoms. The number of anilines is 1. The van der Waals surface area contributed by atoms with Crippen LogP contribution >= 0.6 is 12.1 Å². The molecule has 0 amide bonds. The van der Waals surface area contributed by atoms with Gasteiger partial charge in [0.15, 0.2) is 0 Å². The lowest BCUT2D eigenvalue weighted by atomic mass is 10.3. The molecule has 1 rings (SSSR count). The van der Waals surface area contributed by atoms with Crippen LogP contribution < -0.4 is 4.31 Å². The van der Waals surface area contributed by atoms with E-state index in [0.717, 1.165) is 5.69 Å². The molecule has 14 heavy (non-hydrogen) atoms. The van der Waals surface area contributed by atoms with Crippen molar-refractivity contribution in [3.63, 3.8) is 0 Å². The summed E-state index contributed by atoms with van der Waals surface area (Å²) in [5, 5.41) is 0. The Morgan fingerprint density at radius 1 is 1.14 bits per heavy atom. The molecule has 0 aromatic heterocycles. The molecule has 0 saturated carbocycles. The van der Waals surface area contributed by atoms with E-state index in [1.807, 2.05) is 48.5 Å². The molecular formula is C10H15N3S. The van der Waals surface area contributed by atoms with Crippen LogP contribution in [0.25, 0.3) is 0 Å². The Balaban J connectivity index is 2.47. The fourth-order valence-corrected chi connectivity index (χ4v) is 1.46. The van der Waals surface area contributed by atoms with E-state index < -0.39 is 0 Å². The van der Waals surface area contributed by atoms with Gasteiger partial charge in [-0.05, 0) is 12.1 Å². The summed E-state index contributed by atoms with van der Waals surface area (Å²) < 4.78 is 6.20. The molecule has 0 saturated heterocycles. The van der Waals surface area contributed by atoms with Crippen LogP contribution in [0.2, 0.25) is 0 Å². The minimum absolute atomic E-state index is 1.15. The smallest absolute Gasteiger partial charge is 0.100 e. The van der Waals surface area contributed by atoms with E-state index in [1.54, 1.807) is 6.34 Å². The molecule has 4 heteroatoms. The monoisotopic (exact) mass is 209 g/mol. The number of benzene rings is 1. The van der Waals surface area contributed by atoms with Crippen LogP contribution in [0.3, 0.4) is 0 Å². The predicted octanol–water partition coefficient (Wildman–Crippen LogP) is 2.28. The quantitative estimate of drug-likeness (QED) is 0.431. The Hall–Kier alpha value is -1.16. The van der Waals surface area contributed by atoms with Gasteiger partial charge in [0.05, 0.1) is 12.1 Å². The molecule has 0 atom stereocenters. The first-order chi connectivity index (χ1) is 6.70. The maximum atomic E-state index is 4.19. The van der Waals surface area contributed by atoms with Crippen LogP contribution in [0.4, 0.5) is 5.69 Å². The molecular weight excluding hydrogens is 194 g/mol. The van der Waals surface area contributed by atoms with Gasteiger partial charge in [-0.1, -0.05) is 18.2 Å². The molecule has 1 aromatic carbocycles. The van der Waals surface area contributed by atoms with Crippen LogP contribution in [0.15, 0.2) is 34.7 Å². The summed E-state index contributed by atoms with van der Waals surface area (Å²) in [7, 11) is 5.89. The summed E-state index contributed by atoms with van der Waals surface area (Å²) in [5.41, 5.74) is 1.15. The van der Waals surface area contributed by atoms with Crippen LogP contribution in [-0.2, 0) is 0 Å². The van der Waals surface area contributed by atoms with Gasteiger partial charge in [-0.25, -0.2) is 0 Å². The third kappa shape index (κ3) is 3.70. The fourth-order valence-electron chi connectivity index (χ4n) is 0.871. The fraction of sp³-hybridized carbons (Fsp3) is 0.300. The van der Waals surface area contributed by atoms with Crippen molar-refractivity contribution < 1.29 is 0 Å². The minimum Gasteiger partial charge on any atom is -0.368 e. The van der Waals surface area contributed by atoms with E-state index in [-0.39, 0.29) is 0 Å². The molecule has 76 valence electrons. The summed E-state index contributed by atoms with van der Waals surface area (Å²) in [5.74, 6) is 0. The van der Waals surface area contributed by atoms with Crippen molar-refractivity contribution in [2.45, 2.75) is 0 Å². The third-order valence-electron chi connectivity index (χ3n) is 1.57. The Morgan fingerprint density at radius 3 is 2.36 bits per heavy atom. The molecule has 0 aliphatic carbocycles. The van der Waals surface area contributed by atoms with Gasteiger partial charge >= 0.3 is 0 Å². The second kappa shape index (κ2) is 5.54. The predicted molar refractivity (Wildman–Crippen MR) is 64.6 cm³/mol. The average molecular weight is 209 g/mol. The summed E-state index contributed by atoms with van der Waals surface area (Å²) in [6, 6.07) is 10.1. The average Bonchev–Trinajstić information content (AvgIpc) is 2.18. The number of para-hydroxylation sites is 1. The number of hydrogen-bond donors (Lipinski definition) is 0. The summed E-state index contributed by atoms with van der Waals surface area (Å²) in [6.07, 6.45) is 1.78. The number of nitrogens with zero attached hydrogens (tertiary/aromatic N) is 3. The number of hydrogen-bond acceptors (Lipinski definition) is 3. The highest BCUT2D eigenvalue weighted by atomic mass is 32.2. The maximum Gasteiger partial charge on any atom is 0.100 e. The van der Waals surface area contributed by atoms with E-state index in [4.69, 9.17) is 0 Å². The van der Waals surface area contributed by atoms with Gasteiger partial charge in [0, 0.05) is 26.8 Å². The van der Waals surface area contributed by atoms with Gasteiger partial charge < -0.3 is 9.21 Å². The van der Waals surface area contributed by atoms with Crippen molar-refractivity contribution in [2.24, 2.45) is 4.40 Å². The second-order valence-corrected chi connectivity index (χ2v) is 4.02. The standard InChI is InChI=1S/C10H15N3S/c1-12(2)9-11-14-13(3)10-7-5-4-6-8-10/h4-9H,1-3H3. The zero-order valence-corrected chi connectivity index (χ0v) is 9.53. The highest BCUT2D eigenvalue weighted by molar-refractivity contribution is 7.99. The van der Waals surface area contributed by atoms with Crippen LogP contribution in [0, 0.1) is 0 Å². The van der Waals surface area contributed by atoms with Crippen molar-refractivity contribution in [1.82, 2.24) is 4.90 Å². The lowest BCUT2D eigenvalue weighted by molar-refractivity contribution is 0.645. The van der Waals surface area contributed by atoms with Crippen LogP contribution in [-0.4, -0.2) is 32.4 Å². The Bertz CT molecular complexity index is 285. The first-order valence-corrected chi connectivity index (χ1v) is 5.09. The van der Waals surface area contributed by atoms with Crippen LogP contribution in [0.1, 0.15) is 0 Å². The van der Waals surface area contributed by atoms with Gasteiger partial charge in [-0.3, -0.25) is 0 Å². The molecule has 0 aliphatic heterocycles.